The average Bonchev–Trinajstić information content (AvgIpc) is 2.81. The number of aromatic nitrogens is 3. The van der Waals surface area contributed by atoms with Crippen LogP contribution in [0.1, 0.15) is 36.3 Å². The summed E-state index contributed by atoms with van der Waals surface area (Å²) < 4.78 is 39.6. The first-order valence-corrected chi connectivity index (χ1v) is 11.4. The third-order valence-electron chi connectivity index (χ3n) is 6.18. The van der Waals surface area contributed by atoms with Crippen molar-refractivity contribution < 1.29 is 13.2 Å². The van der Waals surface area contributed by atoms with Crippen molar-refractivity contribution >= 4 is 28.9 Å². The first kappa shape index (κ1) is 24.2. The lowest BCUT2D eigenvalue weighted by atomic mass is 9.78. The van der Waals surface area contributed by atoms with E-state index in [0.717, 1.165) is 30.9 Å². The van der Waals surface area contributed by atoms with Crippen molar-refractivity contribution in [3.63, 3.8) is 0 Å². The van der Waals surface area contributed by atoms with E-state index in [1.54, 1.807) is 30.6 Å². The molecule has 0 aliphatic heterocycles. The molecule has 6 nitrogen and oxygen atoms in total. The minimum atomic E-state index is -4.34. The summed E-state index contributed by atoms with van der Waals surface area (Å²) in [6.07, 6.45) is 2.71. The molecular formula is C24H26ClF3N6. The molecule has 1 aromatic carbocycles. The molecule has 3 atom stereocenters. The SMILES string of the molecule is CN(C)[C@H]1C[C@@H](c2cccc(C(F)(F)F)c2)CC[C@@H]1Nc1ncc(Nc2ccncn2)cc1Cl. The highest BCUT2D eigenvalue weighted by Crippen LogP contribution is 2.39. The fraction of sp³-hybridized carbons (Fsp3) is 0.375. The van der Waals surface area contributed by atoms with Gasteiger partial charge in [-0.05, 0) is 63.0 Å². The van der Waals surface area contributed by atoms with Crippen LogP contribution in [0.4, 0.5) is 30.5 Å². The van der Waals surface area contributed by atoms with Gasteiger partial charge in [0.2, 0.25) is 0 Å². The van der Waals surface area contributed by atoms with E-state index < -0.39 is 11.7 Å². The van der Waals surface area contributed by atoms with Gasteiger partial charge in [0, 0.05) is 18.3 Å². The molecule has 2 aromatic heterocycles. The average molecular weight is 491 g/mol. The molecular weight excluding hydrogens is 465 g/mol. The van der Waals surface area contributed by atoms with Gasteiger partial charge in [-0.1, -0.05) is 29.8 Å². The Hall–Kier alpha value is -2.91. The molecule has 1 fully saturated rings. The second-order valence-corrected chi connectivity index (χ2v) is 9.10. The third kappa shape index (κ3) is 5.77. The number of anilines is 3. The summed E-state index contributed by atoms with van der Waals surface area (Å²) in [6, 6.07) is 9.37. The predicted octanol–water partition coefficient (Wildman–Crippen LogP) is 5.97. The molecule has 0 unspecified atom stereocenters. The van der Waals surface area contributed by atoms with Crippen molar-refractivity contribution in [2.24, 2.45) is 0 Å². The monoisotopic (exact) mass is 490 g/mol. The maximum absolute atomic E-state index is 13.2. The number of benzene rings is 1. The molecule has 3 aromatic rings. The number of alkyl halides is 3. The van der Waals surface area contributed by atoms with Crippen molar-refractivity contribution in [1.82, 2.24) is 19.9 Å². The zero-order chi connectivity index (χ0) is 24.3. The second-order valence-electron chi connectivity index (χ2n) is 8.69. The molecule has 10 heteroatoms. The van der Waals surface area contributed by atoms with Gasteiger partial charge in [0.05, 0.1) is 22.5 Å². The van der Waals surface area contributed by atoms with E-state index >= 15 is 0 Å². The fourth-order valence-electron chi connectivity index (χ4n) is 4.46. The maximum Gasteiger partial charge on any atom is 0.416 e. The highest BCUT2D eigenvalue weighted by atomic mass is 35.5. The molecule has 0 spiro atoms. The minimum Gasteiger partial charge on any atom is -0.365 e. The zero-order valence-corrected chi connectivity index (χ0v) is 19.6. The molecule has 0 saturated heterocycles. The molecule has 1 aliphatic rings. The van der Waals surface area contributed by atoms with Crippen LogP contribution >= 0.6 is 11.6 Å². The highest BCUT2D eigenvalue weighted by molar-refractivity contribution is 6.33. The number of likely N-dealkylation sites (N-methyl/N-ethyl adjacent to an activating group) is 1. The van der Waals surface area contributed by atoms with Gasteiger partial charge in [0.1, 0.15) is 18.0 Å². The van der Waals surface area contributed by atoms with Crippen molar-refractivity contribution in [2.45, 2.75) is 43.4 Å². The Bertz CT molecular complexity index is 1110. The Morgan fingerprint density at radius 1 is 1.09 bits per heavy atom. The zero-order valence-electron chi connectivity index (χ0n) is 18.9. The molecule has 0 radical (unpaired) electrons. The Kier molecular flexibility index (Phi) is 7.23. The molecule has 34 heavy (non-hydrogen) atoms. The Labute approximate surface area is 201 Å². The number of nitrogens with one attached hydrogen (secondary N) is 2. The fourth-order valence-corrected chi connectivity index (χ4v) is 4.68. The largest absolute Gasteiger partial charge is 0.416 e. The molecule has 0 amide bonds. The van der Waals surface area contributed by atoms with E-state index in [4.69, 9.17) is 11.6 Å². The van der Waals surface area contributed by atoms with Crippen LogP contribution in [0.3, 0.4) is 0 Å². The Morgan fingerprint density at radius 3 is 2.59 bits per heavy atom. The molecule has 0 bridgehead atoms. The highest BCUT2D eigenvalue weighted by Gasteiger charge is 2.35. The van der Waals surface area contributed by atoms with E-state index in [1.807, 2.05) is 14.1 Å². The number of hydrogen-bond acceptors (Lipinski definition) is 6. The number of pyridine rings is 1. The molecule has 1 saturated carbocycles. The van der Waals surface area contributed by atoms with Gasteiger partial charge in [-0.2, -0.15) is 13.2 Å². The summed E-state index contributed by atoms with van der Waals surface area (Å²) in [5.74, 6) is 1.26. The van der Waals surface area contributed by atoms with E-state index in [1.165, 1.54) is 18.5 Å². The van der Waals surface area contributed by atoms with Crippen LogP contribution in [0, 0.1) is 0 Å². The van der Waals surface area contributed by atoms with Crippen LogP contribution in [0.2, 0.25) is 5.02 Å². The molecule has 1 aliphatic carbocycles. The van der Waals surface area contributed by atoms with Crippen LogP contribution < -0.4 is 10.6 Å². The molecule has 2 heterocycles. The van der Waals surface area contributed by atoms with Gasteiger partial charge in [-0.15, -0.1) is 0 Å². The van der Waals surface area contributed by atoms with Crippen molar-refractivity contribution in [3.8, 4) is 0 Å². The van der Waals surface area contributed by atoms with Crippen LogP contribution in [0.15, 0.2) is 55.1 Å². The number of halogens is 4. The molecule has 180 valence electrons. The van der Waals surface area contributed by atoms with Gasteiger partial charge in [0.25, 0.3) is 0 Å². The summed E-state index contributed by atoms with van der Waals surface area (Å²) in [6.45, 7) is 0. The first-order valence-electron chi connectivity index (χ1n) is 11.0. The molecule has 4 rings (SSSR count). The van der Waals surface area contributed by atoms with Gasteiger partial charge >= 0.3 is 6.18 Å². The lowest BCUT2D eigenvalue weighted by Gasteiger charge is -2.40. The van der Waals surface area contributed by atoms with Gasteiger partial charge in [-0.3, -0.25) is 0 Å². The minimum absolute atomic E-state index is 0.0515. The first-order chi connectivity index (χ1) is 16.2. The lowest BCUT2D eigenvalue weighted by Crippen LogP contribution is -2.47. The van der Waals surface area contributed by atoms with E-state index in [9.17, 15) is 13.2 Å². The number of rotatable bonds is 6. The van der Waals surface area contributed by atoms with Crippen molar-refractivity contribution in [3.05, 3.63) is 71.3 Å². The van der Waals surface area contributed by atoms with Crippen molar-refractivity contribution in [2.75, 3.05) is 24.7 Å². The van der Waals surface area contributed by atoms with E-state index in [-0.39, 0.29) is 18.0 Å². The smallest absolute Gasteiger partial charge is 0.365 e. The lowest BCUT2D eigenvalue weighted by molar-refractivity contribution is -0.137. The summed E-state index contributed by atoms with van der Waals surface area (Å²) >= 11 is 6.51. The summed E-state index contributed by atoms with van der Waals surface area (Å²) in [5, 5.41) is 7.06. The van der Waals surface area contributed by atoms with Crippen molar-refractivity contribution in [1.29, 1.82) is 0 Å². The van der Waals surface area contributed by atoms with Crippen LogP contribution in [0.5, 0.6) is 0 Å². The summed E-state index contributed by atoms with van der Waals surface area (Å²) in [4.78, 5) is 14.6. The number of hydrogen-bond donors (Lipinski definition) is 2. The summed E-state index contributed by atoms with van der Waals surface area (Å²) in [7, 11) is 3.97. The quantitative estimate of drug-likeness (QED) is 0.444. The van der Waals surface area contributed by atoms with E-state index in [2.05, 4.69) is 30.5 Å². The Morgan fingerprint density at radius 2 is 1.91 bits per heavy atom. The normalized spacial score (nSPS) is 20.9. The van der Waals surface area contributed by atoms with Gasteiger partial charge in [0.15, 0.2) is 0 Å². The van der Waals surface area contributed by atoms with Crippen LogP contribution in [0.25, 0.3) is 0 Å². The second kappa shape index (κ2) is 10.1. The predicted molar refractivity (Wildman–Crippen MR) is 127 cm³/mol. The van der Waals surface area contributed by atoms with Gasteiger partial charge in [-0.25, -0.2) is 15.0 Å². The molecule has 2 N–H and O–H groups in total. The topological polar surface area (TPSA) is 66.0 Å². The van der Waals surface area contributed by atoms with E-state index in [0.29, 0.717) is 22.3 Å². The number of nitrogens with zero attached hydrogens (tertiary/aromatic N) is 4. The maximum atomic E-state index is 13.2. The van der Waals surface area contributed by atoms with Crippen LogP contribution in [-0.4, -0.2) is 46.0 Å². The van der Waals surface area contributed by atoms with Crippen LogP contribution in [-0.2, 0) is 6.18 Å². The summed E-state index contributed by atoms with van der Waals surface area (Å²) in [5.41, 5.74) is 0.835. The third-order valence-corrected chi connectivity index (χ3v) is 6.47. The van der Waals surface area contributed by atoms with Gasteiger partial charge < -0.3 is 15.5 Å². The standard InChI is InChI=1S/C24H26ClF3N6/c1-34(2)21-11-16(15-4-3-5-17(10-15)24(26,27)28)6-7-20(21)33-23-19(25)12-18(13-30-23)32-22-8-9-29-14-31-22/h3-5,8-10,12-14,16,20-21H,6-7,11H2,1-2H3,(H,30,33)(H,29,31,32)/t16-,20-,21-/m0/s1. The Balaban J connectivity index is 1.46.